The van der Waals surface area contributed by atoms with Gasteiger partial charge in [0.1, 0.15) is 42.4 Å². The van der Waals surface area contributed by atoms with Crippen molar-refractivity contribution >= 4 is 52.4 Å². The SMILES string of the molecule is Cc1ncsc1-c1ccc([C@H](C)NC(=O)[C@@H]2C[C@@H](O)CN2C(=O)[C@@H](NC(=O)COC2CC(N3CCN(c4ccc(C(=O)N[C@H]5C(C)(C)[C@H](Oc6ccc(C#N)c(Cl)c6)C5(C)C)cn4)CC3)C2)C(C)(C)C)cc1. The average Bonchev–Trinajstić information content (AvgIpc) is 3.95. The van der Waals surface area contributed by atoms with Gasteiger partial charge in [-0.05, 0) is 67.5 Å². The van der Waals surface area contributed by atoms with Crippen molar-refractivity contribution < 1.29 is 33.8 Å². The van der Waals surface area contributed by atoms with E-state index in [1.54, 1.807) is 35.7 Å². The molecular weight excluding hydrogens is 954 g/mol. The summed E-state index contributed by atoms with van der Waals surface area (Å²) in [5, 5.41) is 29.5. The number of thiazole rings is 1. The molecule has 72 heavy (non-hydrogen) atoms. The Morgan fingerprint density at radius 1 is 0.958 bits per heavy atom. The van der Waals surface area contributed by atoms with Crippen molar-refractivity contribution in [2.45, 2.75) is 130 Å². The number of likely N-dealkylation sites (tertiary alicyclic amines) is 1. The van der Waals surface area contributed by atoms with Crippen LogP contribution in [0.2, 0.25) is 5.02 Å². The van der Waals surface area contributed by atoms with Gasteiger partial charge in [0.15, 0.2) is 0 Å². The summed E-state index contributed by atoms with van der Waals surface area (Å²) in [7, 11) is 0. The van der Waals surface area contributed by atoms with Gasteiger partial charge in [0, 0.05) is 74.3 Å². The molecule has 0 spiro atoms. The van der Waals surface area contributed by atoms with Gasteiger partial charge in [0.25, 0.3) is 5.91 Å². The zero-order valence-electron chi connectivity index (χ0n) is 42.7. The average molecular weight is 1020 g/mol. The molecule has 4 aromatic rings. The smallest absolute Gasteiger partial charge is 0.253 e. The van der Waals surface area contributed by atoms with Crippen molar-refractivity contribution in [2.75, 3.05) is 44.2 Å². The summed E-state index contributed by atoms with van der Waals surface area (Å²) in [4.78, 5) is 71.0. The van der Waals surface area contributed by atoms with Crippen LogP contribution in [0.5, 0.6) is 5.75 Å². The first kappa shape index (κ1) is 52.7. The van der Waals surface area contributed by atoms with E-state index in [0.29, 0.717) is 27.9 Å². The van der Waals surface area contributed by atoms with Crippen LogP contribution >= 0.6 is 22.9 Å². The van der Waals surface area contributed by atoms with Crippen LogP contribution in [0.25, 0.3) is 10.4 Å². The maximum Gasteiger partial charge on any atom is 0.253 e. The third-order valence-electron chi connectivity index (χ3n) is 15.2. The molecule has 0 radical (unpaired) electrons. The fourth-order valence-electron chi connectivity index (χ4n) is 11.2. The zero-order valence-corrected chi connectivity index (χ0v) is 44.3. The van der Waals surface area contributed by atoms with Gasteiger partial charge in [0.05, 0.1) is 50.5 Å². The predicted molar refractivity (Wildman–Crippen MR) is 277 cm³/mol. The van der Waals surface area contributed by atoms with Crippen molar-refractivity contribution in [3.05, 3.63) is 93.7 Å². The number of aromatic nitrogens is 2. The first-order chi connectivity index (χ1) is 34.0. The highest BCUT2D eigenvalue weighted by atomic mass is 35.5. The maximum atomic E-state index is 14.2. The van der Waals surface area contributed by atoms with Crippen molar-refractivity contribution in [3.8, 4) is 22.3 Å². The summed E-state index contributed by atoms with van der Waals surface area (Å²) in [6.45, 7) is 20.8. The van der Waals surface area contributed by atoms with Crippen LogP contribution in [0.3, 0.4) is 0 Å². The molecule has 2 saturated carbocycles. The number of amides is 4. The Labute approximate surface area is 431 Å². The second kappa shape index (κ2) is 21.1. The molecule has 2 aliphatic carbocycles. The lowest BCUT2D eigenvalue weighted by Gasteiger charge is -2.63. The summed E-state index contributed by atoms with van der Waals surface area (Å²) in [5.41, 5.74) is 4.13. The van der Waals surface area contributed by atoms with Gasteiger partial charge in [-0.3, -0.25) is 24.1 Å². The fraction of sp³-hybridized carbons (Fsp3) is 0.537. The lowest BCUT2D eigenvalue weighted by molar-refractivity contribution is -0.164. The van der Waals surface area contributed by atoms with E-state index < -0.39 is 46.2 Å². The summed E-state index contributed by atoms with van der Waals surface area (Å²) < 4.78 is 12.4. The van der Waals surface area contributed by atoms with Crippen molar-refractivity contribution in [3.63, 3.8) is 0 Å². The molecule has 2 aliphatic heterocycles. The number of β-amino-alcohol motifs (C(OH)–C–C–N with tert-alkyl or cyclic N) is 1. The van der Waals surface area contributed by atoms with Gasteiger partial charge < -0.3 is 40.3 Å². The number of nitrogens with zero attached hydrogens (tertiary/aromatic N) is 6. The number of rotatable bonds is 15. The molecule has 0 unspecified atom stereocenters. The van der Waals surface area contributed by atoms with E-state index in [1.807, 2.05) is 76.5 Å². The van der Waals surface area contributed by atoms with E-state index in [4.69, 9.17) is 21.1 Å². The summed E-state index contributed by atoms with van der Waals surface area (Å²) in [6.07, 6.45) is 2.14. The van der Waals surface area contributed by atoms with E-state index in [2.05, 4.69) is 69.5 Å². The lowest BCUT2D eigenvalue weighted by Crippen LogP contribution is -2.74. The van der Waals surface area contributed by atoms with Gasteiger partial charge in [-0.2, -0.15) is 5.26 Å². The van der Waals surface area contributed by atoms with Gasteiger partial charge in [-0.25, -0.2) is 9.97 Å². The Kier molecular flexibility index (Phi) is 15.4. The summed E-state index contributed by atoms with van der Waals surface area (Å²) >= 11 is 7.84. The van der Waals surface area contributed by atoms with Crippen molar-refractivity contribution in [1.82, 2.24) is 35.7 Å². The molecule has 4 atom stereocenters. The number of pyridine rings is 1. The van der Waals surface area contributed by atoms with Gasteiger partial charge in [-0.15, -0.1) is 11.3 Å². The second-order valence-corrected chi connectivity index (χ2v) is 23.4. The molecular formula is C54H68ClN9O7S. The monoisotopic (exact) mass is 1020 g/mol. The number of carbonyl (C=O) groups is 4. The normalized spacial score (nSPS) is 24.5. The number of aliphatic hydroxyl groups is 1. The summed E-state index contributed by atoms with van der Waals surface area (Å²) in [5.74, 6) is -0.00283. The molecule has 4 N–H and O–H groups in total. The van der Waals surface area contributed by atoms with Crippen LogP contribution in [0.4, 0.5) is 5.82 Å². The lowest BCUT2D eigenvalue weighted by atomic mass is 9.49. The fourth-order valence-corrected chi connectivity index (χ4v) is 12.2. The Hall–Kier alpha value is -5.64. The number of hydrogen-bond acceptors (Lipinski definition) is 13. The molecule has 4 aliphatic rings. The first-order valence-electron chi connectivity index (χ1n) is 24.9. The second-order valence-electron chi connectivity index (χ2n) is 22.2. The van der Waals surface area contributed by atoms with E-state index in [1.165, 1.54) is 4.90 Å². The molecule has 4 fully saturated rings. The molecule has 2 aromatic heterocycles. The number of nitrogens with one attached hydrogen (secondary N) is 3. The number of anilines is 1. The van der Waals surface area contributed by atoms with Gasteiger partial charge >= 0.3 is 0 Å². The molecule has 2 saturated heterocycles. The number of halogens is 1. The minimum Gasteiger partial charge on any atom is -0.489 e. The Balaban J connectivity index is 0.759. The van der Waals surface area contributed by atoms with Gasteiger partial charge in [0.2, 0.25) is 17.7 Å². The molecule has 2 aromatic carbocycles. The number of benzene rings is 2. The van der Waals surface area contributed by atoms with Crippen LogP contribution in [-0.4, -0.2) is 130 Å². The number of nitriles is 1. The molecule has 16 nitrogen and oxygen atoms in total. The number of aliphatic hydroxyl groups excluding tert-OH is 1. The van der Waals surface area contributed by atoms with Crippen molar-refractivity contribution in [2.24, 2.45) is 16.2 Å². The standard InChI is InChI=1S/C54H68ClN9O7S/c1-31(33-10-12-34(13-11-33)45-32(2)58-30-72-45)59-48(68)42-24-38(65)28-64(42)49(69)46(52(3,4)5)60-44(66)29-70-40-22-37(23-40)62-18-20-63(21-19-62)43-17-15-36(27-57-43)47(67)61-50-53(6,7)51(54(50,8)9)71-39-16-14-35(26-56)41(55)25-39/h10-17,25,27,30-31,37-38,40,42,46,50-51,65H,18-24,28-29H2,1-9H3,(H,59,68)(H,60,66)(H,61,67)/t31-,37?,38+,40?,42-,46+,50-,51-/m0/s1. The summed E-state index contributed by atoms with van der Waals surface area (Å²) in [6, 6.07) is 16.8. The van der Waals surface area contributed by atoms with Crippen LogP contribution in [-0.2, 0) is 19.1 Å². The predicted octanol–water partition coefficient (Wildman–Crippen LogP) is 6.69. The van der Waals surface area contributed by atoms with Crippen molar-refractivity contribution in [1.29, 1.82) is 5.26 Å². The molecule has 384 valence electrons. The number of hydrogen-bond donors (Lipinski definition) is 4. The van der Waals surface area contributed by atoms with E-state index in [0.717, 1.165) is 66.5 Å². The topological polar surface area (TPSA) is 202 Å². The Morgan fingerprint density at radius 3 is 2.25 bits per heavy atom. The van der Waals surface area contributed by atoms with Crippen LogP contribution < -0.4 is 25.6 Å². The first-order valence-corrected chi connectivity index (χ1v) is 26.1. The van der Waals surface area contributed by atoms with Crippen LogP contribution in [0.15, 0.2) is 66.3 Å². The number of ether oxygens (including phenoxy) is 2. The van der Waals surface area contributed by atoms with E-state index in [9.17, 15) is 29.5 Å². The quantitative estimate of drug-likeness (QED) is 0.0985. The number of carbonyl (C=O) groups excluding carboxylic acids is 4. The van der Waals surface area contributed by atoms with E-state index >= 15 is 0 Å². The third kappa shape index (κ3) is 11.1. The highest BCUT2D eigenvalue weighted by Crippen LogP contribution is 2.55. The minimum atomic E-state index is -0.952. The molecule has 18 heteroatoms. The largest absolute Gasteiger partial charge is 0.489 e. The number of piperazine rings is 1. The molecule has 8 rings (SSSR count). The third-order valence-corrected chi connectivity index (χ3v) is 16.5. The van der Waals surface area contributed by atoms with Gasteiger partial charge in [-0.1, -0.05) is 84.3 Å². The Bertz CT molecular complexity index is 2650. The molecule has 0 bridgehead atoms. The van der Waals surface area contributed by atoms with Crippen LogP contribution in [0.1, 0.15) is 108 Å². The van der Waals surface area contributed by atoms with E-state index in [-0.39, 0.29) is 55.7 Å². The minimum absolute atomic E-state index is 0.0103. The maximum absolute atomic E-state index is 14.2. The highest BCUT2D eigenvalue weighted by Gasteiger charge is 2.64. The molecule has 4 heterocycles. The highest BCUT2D eigenvalue weighted by molar-refractivity contribution is 7.13. The van der Waals surface area contributed by atoms with Crippen LogP contribution in [0, 0.1) is 34.5 Å². The molecule has 4 amide bonds. The Morgan fingerprint density at radius 2 is 1.65 bits per heavy atom. The zero-order chi connectivity index (χ0) is 51.9. The number of aryl methyl sites for hydroxylation is 1.